The SMILES string of the molecule is C.C.C1CC2CC1C1C3CCC(C3)C21.CCC(C)(C)C(=O)Oc1ccc(O)cc1.CCOC(=O)C(C)(C)CC. The van der Waals surface area contributed by atoms with Crippen LogP contribution in [0.2, 0.25) is 0 Å². The molecule has 4 atom stereocenters. The molecule has 1 aromatic rings. The molecule has 0 saturated heterocycles. The lowest BCUT2D eigenvalue weighted by atomic mass is 9.71. The molecule has 0 heterocycles. The van der Waals surface area contributed by atoms with Crippen molar-refractivity contribution >= 4 is 11.9 Å². The van der Waals surface area contributed by atoms with E-state index in [0.29, 0.717) is 12.4 Å². The zero-order valence-electron chi connectivity index (χ0n) is 24.2. The molecule has 4 aliphatic carbocycles. The van der Waals surface area contributed by atoms with Gasteiger partial charge in [-0.1, -0.05) is 28.7 Å². The van der Waals surface area contributed by atoms with E-state index in [9.17, 15) is 9.59 Å². The van der Waals surface area contributed by atoms with Gasteiger partial charge < -0.3 is 14.6 Å². The summed E-state index contributed by atoms with van der Waals surface area (Å²) in [7, 11) is 0. The molecule has 0 amide bonds. The lowest BCUT2D eigenvalue weighted by Gasteiger charge is -2.34. The average Bonchev–Trinajstić information content (AvgIpc) is 3.68. The van der Waals surface area contributed by atoms with E-state index in [4.69, 9.17) is 14.6 Å². The van der Waals surface area contributed by atoms with Crippen molar-refractivity contribution in [2.75, 3.05) is 6.61 Å². The smallest absolute Gasteiger partial charge is 0.316 e. The highest BCUT2D eigenvalue weighted by molar-refractivity contribution is 5.78. The molecule has 0 aromatic heterocycles. The van der Waals surface area contributed by atoms with Gasteiger partial charge in [0.2, 0.25) is 0 Å². The summed E-state index contributed by atoms with van der Waals surface area (Å²) < 4.78 is 10.0. The van der Waals surface area contributed by atoms with Gasteiger partial charge in [-0.25, -0.2) is 0 Å². The van der Waals surface area contributed by atoms with Crippen LogP contribution >= 0.6 is 0 Å². The Morgan fingerprint density at radius 2 is 1.13 bits per heavy atom. The number of phenols is 1. The van der Waals surface area contributed by atoms with Gasteiger partial charge in [0.1, 0.15) is 11.5 Å². The molecule has 0 spiro atoms. The van der Waals surface area contributed by atoms with E-state index < -0.39 is 5.41 Å². The third-order valence-electron chi connectivity index (χ3n) is 9.84. The Kier molecular flexibility index (Phi) is 13.1. The van der Waals surface area contributed by atoms with Crippen molar-refractivity contribution in [3.8, 4) is 11.5 Å². The second-order valence-corrected chi connectivity index (χ2v) is 12.9. The van der Waals surface area contributed by atoms with Gasteiger partial charge in [0.15, 0.2) is 0 Å². The molecule has 5 heteroatoms. The standard InChI is InChI=1S/C12H16O3.C12H18.C8H16O2.2CH4/c1-4-12(2,3)11(14)15-10-7-5-9(13)6-8-10;1-2-8-5-7(1)11-9-3-4-10(6-9)12(8)11;1-5-8(3,4)7(9)10-6-2;;/h5-8,13H,4H2,1-3H3;7-12H,1-6H2;5-6H2,1-4H3;2*1H4. The molecule has 4 bridgehead atoms. The van der Waals surface area contributed by atoms with E-state index in [2.05, 4.69) is 0 Å². The van der Waals surface area contributed by atoms with Crippen molar-refractivity contribution in [1.29, 1.82) is 0 Å². The van der Waals surface area contributed by atoms with Crippen LogP contribution in [0.4, 0.5) is 0 Å². The summed E-state index contributed by atoms with van der Waals surface area (Å²) in [5.41, 5.74) is -0.784. The monoisotopic (exact) mass is 546 g/mol. The predicted octanol–water partition coefficient (Wildman–Crippen LogP) is 9.07. The quantitative estimate of drug-likeness (QED) is 0.219. The fraction of sp³-hybridized carbons (Fsp3) is 0.765. The van der Waals surface area contributed by atoms with Crippen LogP contribution in [0, 0.1) is 46.3 Å². The zero-order valence-corrected chi connectivity index (χ0v) is 24.2. The normalized spacial score (nSPS) is 27.5. The van der Waals surface area contributed by atoms with Crippen LogP contribution < -0.4 is 4.74 Å². The Balaban J connectivity index is 0.000000291. The Hall–Kier alpha value is -2.04. The van der Waals surface area contributed by atoms with E-state index >= 15 is 0 Å². The number of carbonyl (C=O) groups is 2. The van der Waals surface area contributed by atoms with Crippen molar-refractivity contribution in [1.82, 2.24) is 0 Å². The molecule has 5 rings (SSSR count). The maximum Gasteiger partial charge on any atom is 0.316 e. The van der Waals surface area contributed by atoms with Crippen LogP contribution in [-0.4, -0.2) is 23.7 Å². The van der Waals surface area contributed by atoms with Crippen molar-refractivity contribution in [2.24, 2.45) is 46.3 Å². The number of carbonyl (C=O) groups excluding carboxylic acids is 2. The van der Waals surface area contributed by atoms with Gasteiger partial charge >= 0.3 is 11.9 Å². The van der Waals surface area contributed by atoms with Crippen LogP contribution in [0.1, 0.15) is 115 Å². The maximum atomic E-state index is 11.7. The van der Waals surface area contributed by atoms with E-state index in [0.717, 1.165) is 12.8 Å². The molecule has 5 nitrogen and oxygen atoms in total. The summed E-state index contributed by atoms with van der Waals surface area (Å²) in [5, 5.41) is 9.06. The fourth-order valence-corrected chi connectivity index (χ4v) is 6.91. The highest BCUT2D eigenvalue weighted by atomic mass is 16.5. The number of esters is 2. The second kappa shape index (κ2) is 14.6. The van der Waals surface area contributed by atoms with Gasteiger partial charge in [0.05, 0.1) is 17.4 Å². The minimum absolute atomic E-state index is 0. The number of phenolic OH excluding ortho intramolecular Hbond substituents is 1. The molecule has 39 heavy (non-hydrogen) atoms. The second-order valence-electron chi connectivity index (χ2n) is 12.9. The Bertz CT molecular complexity index is 859. The molecule has 4 saturated carbocycles. The lowest BCUT2D eigenvalue weighted by Crippen LogP contribution is -2.28. The summed E-state index contributed by atoms with van der Waals surface area (Å²) in [5.74, 6) is 7.55. The van der Waals surface area contributed by atoms with Gasteiger partial charge in [-0.2, -0.15) is 0 Å². The van der Waals surface area contributed by atoms with Gasteiger partial charge in [0, 0.05) is 0 Å². The maximum absolute atomic E-state index is 11.7. The summed E-state index contributed by atoms with van der Waals surface area (Å²) in [6, 6.07) is 6.11. The number of hydrogen-bond acceptors (Lipinski definition) is 5. The minimum atomic E-state index is -0.474. The van der Waals surface area contributed by atoms with E-state index in [-0.39, 0.29) is 38.0 Å². The summed E-state index contributed by atoms with van der Waals surface area (Å²) in [6.07, 6.45) is 11.3. The highest BCUT2D eigenvalue weighted by Gasteiger charge is 2.59. The zero-order chi connectivity index (χ0) is 27.4. The van der Waals surface area contributed by atoms with Gasteiger partial charge in [-0.15, -0.1) is 0 Å². The first-order valence-electron chi connectivity index (χ1n) is 14.6. The molecule has 4 aliphatic rings. The molecular formula is C34H58O5. The van der Waals surface area contributed by atoms with Crippen LogP contribution in [-0.2, 0) is 14.3 Å². The average molecular weight is 547 g/mol. The first-order valence-corrected chi connectivity index (χ1v) is 14.6. The summed E-state index contributed by atoms with van der Waals surface area (Å²) in [6.45, 7) is 13.7. The van der Waals surface area contributed by atoms with E-state index in [1.165, 1.54) is 47.6 Å². The predicted molar refractivity (Wildman–Crippen MR) is 161 cm³/mol. The number of aromatic hydroxyl groups is 1. The van der Waals surface area contributed by atoms with E-state index in [1.807, 2.05) is 48.5 Å². The Labute approximate surface area is 239 Å². The van der Waals surface area contributed by atoms with E-state index in [1.54, 1.807) is 50.7 Å². The van der Waals surface area contributed by atoms with Crippen LogP contribution in [0.25, 0.3) is 0 Å². The number of fused-ring (bicyclic) bond motifs is 9. The third kappa shape index (κ3) is 8.24. The molecule has 0 aliphatic heterocycles. The molecule has 224 valence electrons. The molecule has 1 N–H and O–H groups in total. The summed E-state index contributed by atoms with van der Waals surface area (Å²) in [4.78, 5) is 22.7. The lowest BCUT2D eigenvalue weighted by molar-refractivity contribution is -0.153. The highest BCUT2D eigenvalue weighted by Crippen LogP contribution is 2.67. The first kappa shape index (κ1) is 35.0. The number of benzene rings is 1. The Morgan fingerprint density at radius 3 is 1.49 bits per heavy atom. The van der Waals surface area contributed by atoms with Crippen molar-refractivity contribution in [3.63, 3.8) is 0 Å². The summed E-state index contributed by atoms with van der Waals surface area (Å²) >= 11 is 0. The molecular weight excluding hydrogens is 488 g/mol. The number of hydrogen-bond donors (Lipinski definition) is 1. The van der Waals surface area contributed by atoms with Crippen molar-refractivity contribution < 1.29 is 24.2 Å². The Morgan fingerprint density at radius 1 is 0.744 bits per heavy atom. The van der Waals surface area contributed by atoms with Gasteiger partial charge in [0.25, 0.3) is 0 Å². The molecule has 1 aromatic carbocycles. The minimum Gasteiger partial charge on any atom is -0.508 e. The largest absolute Gasteiger partial charge is 0.508 e. The van der Waals surface area contributed by atoms with Gasteiger partial charge in [-0.3, -0.25) is 9.59 Å². The van der Waals surface area contributed by atoms with Crippen LogP contribution in [0.5, 0.6) is 11.5 Å². The van der Waals surface area contributed by atoms with Gasteiger partial charge in [-0.05, 0) is 146 Å². The topological polar surface area (TPSA) is 72.8 Å². The van der Waals surface area contributed by atoms with Crippen molar-refractivity contribution in [3.05, 3.63) is 24.3 Å². The molecule has 4 unspecified atom stereocenters. The molecule has 4 fully saturated rings. The fourth-order valence-electron chi connectivity index (χ4n) is 6.91. The molecule has 0 radical (unpaired) electrons. The number of rotatable bonds is 6. The number of ether oxygens (including phenoxy) is 2. The van der Waals surface area contributed by atoms with Crippen LogP contribution in [0.15, 0.2) is 24.3 Å². The van der Waals surface area contributed by atoms with Crippen LogP contribution in [0.3, 0.4) is 0 Å². The first-order chi connectivity index (χ1) is 17.4. The van der Waals surface area contributed by atoms with Crippen molar-refractivity contribution in [2.45, 2.75) is 115 Å². The third-order valence-corrected chi connectivity index (χ3v) is 9.84.